The van der Waals surface area contributed by atoms with Crippen molar-refractivity contribution in [1.82, 2.24) is 14.9 Å². The van der Waals surface area contributed by atoms with Crippen LogP contribution in [-0.4, -0.2) is 35.2 Å². The molecule has 0 amide bonds. The second kappa shape index (κ2) is 5.54. The van der Waals surface area contributed by atoms with Crippen LogP contribution in [0.3, 0.4) is 0 Å². The topological polar surface area (TPSA) is 33.1 Å². The van der Waals surface area contributed by atoms with Crippen LogP contribution in [0.25, 0.3) is 0 Å². The average molecular weight is 236 g/mol. The smallest absolute Gasteiger partial charge is 0.205 e. The number of hydrogen-bond acceptors (Lipinski definition) is 3. The normalized spacial score (nSPS) is 24.9. The molecule has 1 aliphatic rings. The van der Waals surface area contributed by atoms with E-state index >= 15 is 0 Å². The molecule has 4 nitrogen and oxygen atoms in total. The maximum atomic E-state index is 4.42. The third kappa shape index (κ3) is 2.80. The summed E-state index contributed by atoms with van der Waals surface area (Å²) in [4.78, 5) is 6.75. The van der Waals surface area contributed by atoms with Gasteiger partial charge in [0, 0.05) is 38.6 Å². The van der Waals surface area contributed by atoms with Gasteiger partial charge in [-0.1, -0.05) is 6.92 Å². The van der Waals surface area contributed by atoms with Gasteiger partial charge in [-0.2, -0.15) is 0 Å². The molecule has 2 rings (SSSR count). The van der Waals surface area contributed by atoms with Crippen LogP contribution in [0.1, 0.15) is 32.6 Å². The summed E-state index contributed by atoms with van der Waals surface area (Å²) in [5, 5.41) is 3.55. The lowest BCUT2D eigenvalue weighted by atomic mass is 9.90. The fourth-order valence-corrected chi connectivity index (χ4v) is 2.82. The Bertz CT molecular complexity index is 339. The third-order valence-corrected chi connectivity index (χ3v) is 3.85. The van der Waals surface area contributed by atoms with Crippen molar-refractivity contribution < 1.29 is 0 Å². The van der Waals surface area contributed by atoms with Crippen LogP contribution in [0.15, 0.2) is 12.4 Å². The molecule has 1 saturated carbocycles. The highest BCUT2D eigenvalue weighted by atomic mass is 15.3. The molecule has 1 heterocycles. The first-order valence-electron chi connectivity index (χ1n) is 6.66. The first-order chi connectivity index (χ1) is 8.22. The van der Waals surface area contributed by atoms with E-state index in [9.17, 15) is 0 Å². The van der Waals surface area contributed by atoms with E-state index in [2.05, 4.69) is 40.8 Å². The molecule has 4 heteroatoms. The van der Waals surface area contributed by atoms with Gasteiger partial charge in [0.2, 0.25) is 5.95 Å². The zero-order valence-corrected chi connectivity index (χ0v) is 11.2. The van der Waals surface area contributed by atoms with Crippen molar-refractivity contribution in [2.24, 2.45) is 7.05 Å². The minimum atomic E-state index is 0.644. The van der Waals surface area contributed by atoms with Gasteiger partial charge in [0.25, 0.3) is 0 Å². The Hall–Kier alpha value is -1.03. The number of nitrogens with zero attached hydrogens (tertiary/aromatic N) is 3. The number of nitrogens with one attached hydrogen (secondary N) is 1. The molecule has 1 aromatic rings. The molecule has 0 spiro atoms. The van der Waals surface area contributed by atoms with Gasteiger partial charge in [-0.15, -0.1) is 0 Å². The molecule has 1 aliphatic carbocycles. The van der Waals surface area contributed by atoms with E-state index < -0.39 is 0 Å². The molecule has 1 fully saturated rings. The molecule has 1 N–H and O–H groups in total. The highest BCUT2D eigenvalue weighted by Crippen LogP contribution is 2.25. The van der Waals surface area contributed by atoms with Crippen molar-refractivity contribution in [1.29, 1.82) is 0 Å². The first kappa shape index (κ1) is 12.4. The zero-order valence-electron chi connectivity index (χ0n) is 11.2. The van der Waals surface area contributed by atoms with E-state index in [0.717, 1.165) is 18.5 Å². The van der Waals surface area contributed by atoms with Gasteiger partial charge in [0.15, 0.2) is 0 Å². The van der Waals surface area contributed by atoms with Gasteiger partial charge >= 0.3 is 0 Å². The molecule has 96 valence electrons. The predicted octanol–water partition coefficient (Wildman–Crippen LogP) is 1.78. The summed E-state index contributed by atoms with van der Waals surface area (Å²) in [6.07, 6.45) is 8.98. The van der Waals surface area contributed by atoms with Crippen LogP contribution >= 0.6 is 0 Å². The fourth-order valence-electron chi connectivity index (χ4n) is 2.82. The van der Waals surface area contributed by atoms with Gasteiger partial charge in [0.1, 0.15) is 0 Å². The zero-order chi connectivity index (χ0) is 12.3. The van der Waals surface area contributed by atoms with E-state index in [1.165, 1.54) is 25.7 Å². The second-order valence-corrected chi connectivity index (χ2v) is 5.01. The van der Waals surface area contributed by atoms with Gasteiger partial charge < -0.3 is 14.8 Å². The standard InChI is InChI=1S/C13H24N4/c1-4-14-11-5-7-12(8-6-11)17(3)13-15-9-10-16(13)2/h9-12,14H,4-8H2,1-3H3. The summed E-state index contributed by atoms with van der Waals surface area (Å²) in [5.41, 5.74) is 0. The minimum Gasteiger partial charge on any atom is -0.342 e. The SMILES string of the molecule is CCNC1CCC(N(C)c2nccn2C)CC1. The Kier molecular flexibility index (Phi) is 4.05. The first-order valence-corrected chi connectivity index (χ1v) is 6.66. The Morgan fingerprint density at radius 2 is 2.12 bits per heavy atom. The lowest BCUT2D eigenvalue weighted by Gasteiger charge is -2.35. The Morgan fingerprint density at radius 1 is 1.41 bits per heavy atom. The van der Waals surface area contributed by atoms with Crippen LogP contribution in [0, 0.1) is 0 Å². The van der Waals surface area contributed by atoms with E-state index in [4.69, 9.17) is 0 Å². The second-order valence-electron chi connectivity index (χ2n) is 5.01. The Balaban J connectivity index is 1.90. The Labute approximate surface area is 104 Å². The maximum absolute atomic E-state index is 4.42. The Morgan fingerprint density at radius 3 is 2.65 bits per heavy atom. The monoisotopic (exact) mass is 236 g/mol. The van der Waals surface area contributed by atoms with Crippen LogP contribution in [0.5, 0.6) is 0 Å². The van der Waals surface area contributed by atoms with Crippen molar-refractivity contribution in [3.8, 4) is 0 Å². The van der Waals surface area contributed by atoms with Gasteiger partial charge in [0.05, 0.1) is 0 Å². The predicted molar refractivity (Wildman–Crippen MR) is 71.3 cm³/mol. The highest BCUT2D eigenvalue weighted by Gasteiger charge is 2.24. The summed E-state index contributed by atoms with van der Waals surface area (Å²) in [6.45, 7) is 3.27. The van der Waals surface area contributed by atoms with Gasteiger partial charge in [-0.25, -0.2) is 4.98 Å². The summed E-state index contributed by atoms with van der Waals surface area (Å²) in [5.74, 6) is 1.08. The maximum Gasteiger partial charge on any atom is 0.205 e. The van der Waals surface area contributed by atoms with E-state index in [-0.39, 0.29) is 0 Å². The van der Waals surface area contributed by atoms with Crippen LogP contribution in [0.4, 0.5) is 5.95 Å². The number of anilines is 1. The molecule has 0 unspecified atom stereocenters. The van der Waals surface area contributed by atoms with E-state index in [0.29, 0.717) is 6.04 Å². The number of rotatable bonds is 4. The largest absolute Gasteiger partial charge is 0.342 e. The van der Waals surface area contributed by atoms with Crippen molar-refractivity contribution in [2.45, 2.75) is 44.7 Å². The molecule has 0 bridgehead atoms. The molecular weight excluding hydrogens is 212 g/mol. The molecule has 0 radical (unpaired) electrons. The van der Waals surface area contributed by atoms with Crippen LogP contribution in [0.2, 0.25) is 0 Å². The lowest BCUT2D eigenvalue weighted by molar-refractivity contribution is 0.339. The number of aromatic nitrogens is 2. The third-order valence-electron chi connectivity index (χ3n) is 3.85. The molecule has 0 atom stereocenters. The number of imidazole rings is 1. The summed E-state index contributed by atoms with van der Waals surface area (Å²) in [7, 11) is 4.23. The molecule has 1 aromatic heterocycles. The molecule has 17 heavy (non-hydrogen) atoms. The molecule has 0 aromatic carbocycles. The van der Waals surface area contributed by atoms with Crippen LogP contribution < -0.4 is 10.2 Å². The average Bonchev–Trinajstić information content (AvgIpc) is 2.76. The van der Waals surface area contributed by atoms with Crippen molar-refractivity contribution in [3.63, 3.8) is 0 Å². The van der Waals surface area contributed by atoms with E-state index in [1.807, 2.05) is 12.4 Å². The van der Waals surface area contributed by atoms with E-state index in [1.54, 1.807) is 0 Å². The quantitative estimate of drug-likeness (QED) is 0.865. The summed E-state index contributed by atoms with van der Waals surface area (Å²) >= 11 is 0. The minimum absolute atomic E-state index is 0.644. The van der Waals surface area contributed by atoms with Gasteiger partial charge in [-0.3, -0.25) is 0 Å². The highest BCUT2D eigenvalue weighted by molar-refractivity contribution is 5.31. The summed E-state index contributed by atoms with van der Waals surface area (Å²) in [6, 6.07) is 1.37. The molecule has 0 saturated heterocycles. The number of aryl methyl sites for hydroxylation is 1. The molecular formula is C13H24N4. The lowest BCUT2D eigenvalue weighted by Crippen LogP contribution is -2.41. The molecule has 0 aliphatic heterocycles. The van der Waals surface area contributed by atoms with Crippen molar-refractivity contribution >= 4 is 5.95 Å². The summed E-state index contributed by atoms with van der Waals surface area (Å²) < 4.78 is 2.09. The van der Waals surface area contributed by atoms with Gasteiger partial charge in [-0.05, 0) is 32.2 Å². The van der Waals surface area contributed by atoms with Crippen molar-refractivity contribution in [3.05, 3.63) is 12.4 Å². The van der Waals surface area contributed by atoms with Crippen molar-refractivity contribution in [2.75, 3.05) is 18.5 Å². The fraction of sp³-hybridized carbons (Fsp3) is 0.769. The number of hydrogen-bond donors (Lipinski definition) is 1. The van der Waals surface area contributed by atoms with Crippen LogP contribution in [-0.2, 0) is 7.05 Å².